The number of nitrogens with zero attached hydrogens (tertiary/aromatic N) is 1. The van der Waals surface area contributed by atoms with Gasteiger partial charge in [0, 0.05) is 11.0 Å². The average molecular weight is 465 g/mol. The fraction of sp³-hybridized carbons (Fsp3) is 0. The number of rotatable bonds is 3. The fourth-order valence-corrected chi connectivity index (χ4v) is 3.59. The lowest BCUT2D eigenvalue weighted by molar-refractivity contribution is 0.0694. The number of carbonyl (C=O) groups is 1. The molecule has 1 heterocycles. The summed E-state index contributed by atoms with van der Waals surface area (Å²) in [7, 11) is 0. The molecule has 3 rings (SSSR count). The van der Waals surface area contributed by atoms with Crippen molar-refractivity contribution in [2.75, 3.05) is 0 Å². The molecule has 7 heteroatoms. The number of pyridine rings is 1. The fourth-order valence-electron chi connectivity index (χ4n) is 2.40. The summed E-state index contributed by atoms with van der Waals surface area (Å²) in [5.41, 5.74) is 1.73. The van der Waals surface area contributed by atoms with E-state index in [1.54, 1.807) is 30.3 Å². The molecule has 1 aromatic heterocycles. The number of benzene rings is 2. The lowest BCUT2D eigenvalue weighted by Gasteiger charge is -2.11. The zero-order valence-electron chi connectivity index (χ0n) is 12.6. The Kier molecular flexibility index (Phi) is 4.53. The molecule has 0 fully saturated rings. The summed E-state index contributed by atoms with van der Waals surface area (Å²) in [6, 6.07) is 9.79. The quantitative estimate of drug-likeness (QED) is 0.511. The number of hydrogen-bond donors (Lipinski definition) is 3. The van der Waals surface area contributed by atoms with Gasteiger partial charge in [-0.15, -0.1) is 0 Å². The number of carboxylic acid groups (broad SMARTS) is 1. The molecular weight excluding hydrogens is 454 g/mol. The minimum absolute atomic E-state index is 0.0757. The summed E-state index contributed by atoms with van der Waals surface area (Å²) in [6.45, 7) is 4.02. The highest BCUT2D eigenvalue weighted by Gasteiger charge is 2.16. The van der Waals surface area contributed by atoms with Crippen molar-refractivity contribution in [1.29, 1.82) is 0 Å². The van der Waals surface area contributed by atoms with E-state index in [0.29, 0.717) is 31.2 Å². The van der Waals surface area contributed by atoms with E-state index in [0.717, 1.165) is 0 Å². The van der Waals surface area contributed by atoms with E-state index in [-0.39, 0.29) is 22.6 Å². The summed E-state index contributed by atoms with van der Waals surface area (Å²) >= 11 is 6.54. The van der Waals surface area contributed by atoms with Crippen LogP contribution in [0.4, 0.5) is 0 Å². The first-order chi connectivity index (χ1) is 11.8. The minimum Gasteiger partial charge on any atom is -0.506 e. The molecule has 0 aliphatic heterocycles. The molecule has 0 radical (unpaired) electrons. The zero-order chi connectivity index (χ0) is 18.3. The van der Waals surface area contributed by atoms with Gasteiger partial charge in [-0.3, -0.25) is 0 Å². The van der Waals surface area contributed by atoms with Gasteiger partial charge in [0.1, 0.15) is 16.8 Å². The Balaban J connectivity index is 2.14. The Bertz CT molecular complexity index is 1020. The second-order valence-electron chi connectivity index (χ2n) is 5.30. The second kappa shape index (κ2) is 6.50. The van der Waals surface area contributed by atoms with Gasteiger partial charge in [0.15, 0.2) is 5.75 Å². The molecule has 0 saturated carbocycles. The van der Waals surface area contributed by atoms with Crippen LogP contribution >= 0.6 is 31.9 Å². The van der Waals surface area contributed by atoms with E-state index in [2.05, 4.69) is 43.4 Å². The topological polar surface area (TPSA) is 90.7 Å². The number of carboxylic acids is 1. The van der Waals surface area contributed by atoms with E-state index in [1.165, 1.54) is 6.07 Å². The Morgan fingerprint density at radius 2 is 1.60 bits per heavy atom. The number of aromatic carboxylic acids is 1. The maximum absolute atomic E-state index is 11.2. The van der Waals surface area contributed by atoms with Gasteiger partial charge in [-0.1, -0.05) is 18.7 Å². The van der Waals surface area contributed by atoms with Crippen molar-refractivity contribution < 1.29 is 20.1 Å². The van der Waals surface area contributed by atoms with Crippen LogP contribution in [0.15, 0.2) is 51.9 Å². The molecule has 0 aliphatic rings. The number of phenols is 2. The first-order valence-electron chi connectivity index (χ1n) is 7.03. The largest absolute Gasteiger partial charge is 0.506 e. The van der Waals surface area contributed by atoms with E-state index >= 15 is 0 Å². The highest BCUT2D eigenvalue weighted by molar-refractivity contribution is 9.11. The Morgan fingerprint density at radius 3 is 2.20 bits per heavy atom. The van der Waals surface area contributed by atoms with Crippen LogP contribution in [-0.4, -0.2) is 26.3 Å². The molecule has 0 saturated heterocycles. The van der Waals surface area contributed by atoms with Crippen molar-refractivity contribution >= 4 is 54.3 Å². The normalized spacial score (nSPS) is 10.8. The minimum atomic E-state index is -1.23. The molecule has 126 valence electrons. The van der Waals surface area contributed by atoms with Gasteiger partial charge in [0.2, 0.25) is 0 Å². The summed E-state index contributed by atoms with van der Waals surface area (Å²) in [5, 5.41) is 29.8. The number of phenolic OH excluding ortho intramolecular Hbond substituents is 1. The first kappa shape index (κ1) is 17.4. The summed E-state index contributed by atoms with van der Waals surface area (Å²) in [4.78, 5) is 15.5. The third-order valence-corrected chi connectivity index (χ3v) is 4.95. The molecular formula is C18H11Br2NO4. The van der Waals surface area contributed by atoms with Crippen molar-refractivity contribution in [2.24, 2.45) is 0 Å². The number of fused-ring (bicyclic) bond motifs is 1. The highest BCUT2D eigenvalue weighted by Crippen LogP contribution is 2.37. The van der Waals surface area contributed by atoms with Crippen LogP contribution in [-0.2, 0) is 0 Å². The second-order valence-corrected chi connectivity index (χ2v) is 7.01. The molecule has 3 N–H and O–H groups in total. The number of aromatic hydroxyl groups is 2. The molecule has 2 aromatic carbocycles. The molecule has 0 bridgehead atoms. The van der Waals surface area contributed by atoms with Crippen LogP contribution in [0.2, 0.25) is 0 Å². The summed E-state index contributed by atoms with van der Waals surface area (Å²) in [6.07, 6.45) is 0. The Hall–Kier alpha value is -2.38. The van der Waals surface area contributed by atoms with E-state index in [9.17, 15) is 15.0 Å². The Labute approximate surface area is 159 Å². The van der Waals surface area contributed by atoms with Gasteiger partial charge in [0.05, 0.1) is 14.6 Å². The molecule has 0 amide bonds. The zero-order valence-corrected chi connectivity index (χ0v) is 15.8. The van der Waals surface area contributed by atoms with Crippen LogP contribution < -0.4 is 0 Å². The maximum atomic E-state index is 11.2. The monoisotopic (exact) mass is 463 g/mol. The lowest BCUT2D eigenvalue weighted by Crippen LogP contribution is -1.98. The number of aromatic nitrogens is 1. The maximum Gasteiger partial charge on any atom is 0.339 e. The van der Waals surface area contributed by atoms with Gasteiger partial charge in [-0.05, 0) is 61.7 Å². The van der Waals surface area contributed by atoms with Crippen molar-refractivity contribution in [3.63, 3.8) is 0 Å². The molecule has 5 nitrogen and oxygen atoms in total. The smallest absolute Gasteiger partial charge is 0.339 e. The predicted octanol–water partition coefficient (Wildman–Crippen LogP) is 4.93. The van der Waals surface area contributed by atoms with Crippen molar-refractivity contribution in [2.45, 2.75) is 0 Å². The van der Waals surface area contributed by atoms with Crippen LogP contribution in [0, 0.1) is 0 Å². The molecule has 0 atom stereocenters. The van der Waals surface area contributed by atoms with Crippen LogP contribution in [0.3, 0.4) is 0 Å². The van der Waals surface area contributed by atoms with Gasteiger partial charge in [-0.2, -0.15) is 0 Å². The van der Waals surface area contributed by atoms with Crippen LogP contribution in [0.1, 0.15) is 21.6 Å². The van der Waals surface area contributed by atoms with Gasteiger partial charge in [-0.25, -0.2) is 9.78 Å². The molecule has 3 aromatic rings. The summed E-state index contributed by atoms with van der Waals surface area (Å²) < 4.78 is 0.990. The molecule has 25 heavy (non-hydrogen) atoms. The molecule has 0 spiro atoms. The van der Waals surface area contributed by atoms with Gasteiger partial charge in [0.25, 0.3) is 0 Å². The van der Waals surface area contributed by atoms with Crippen molar-refractivity contribution in [1.82, 2.24) is 4.98 Å². The average Bonchev–Trinajstić information content (AvgIpc) is 2.58. The van der Waals surface area contributed by atoms with Gasteiger partial charge >= 0.3 is 5.97 Å². The van der Waals surface area contributed by atoms with E-state index in [4.69, 9.17) is 5.11 Å². The highest BCUT2D eigenvalue weighted by atomic mass is 79.9. The standard InChI is InChI=1S/C18H11Br2NO4/c1-8(10-6-12(19)17(23)13(20)7-10)14-5-3-9-2-4-11(18(24)25)16(22)15(9)21-14/h2-7,22-23H,1H2,(H,24,25). The molecule has 0 aliphatic carbocycles. The molecule has 0 unspecified atom stereocenters. The van der Waals surface area contributed by atoms with Crippen molar-refractivity contribution in [3.05, 3.63) is 68.7 Å². The van der Waals surface area contributed by atoms with Crippen LogP contribution in [0.25, 0.3) is 16.5 Å². The van der Waals surface area contributed by atoms with Crippen molar-refractivity contribution in [3.8, 4) is 11.5 Å². The third kappa shape index (κ3) is 3.12. The predicted molar refractivity (Wildman–Crippen MR) is 102 cm³/mol. The van der Waals surface area contributed by atoms with E-state index in [1.807, 2.05) is 0 Å². The summed E-state index contributed by atoms with van der Waals surface area (Å²) in [5.74, 6) is -1.53. The lowest BCUT2D eigenvalue weighted by atomic mass is 10.0. The Morgan fingerprint density at radius 1 is 1.00 bits per heavy atom. The third-order valence-electron chi connectivity index (χ3n) is 3.74. The first-order valence-corrected chi connectivity index (χ1v) is 8.62. The number of hydrogen-bond acceptors (Lipinski definition) is 4. The van der Waals surface area contributed by atoms with Crippen LogP contribution in [0.5, 0.6) is 11.5 Å². The van der Waals surface area contributed by atoms with Gasteiger partial charge < -0.3 is 15.3 Å². The SMILES string of the molecule is C=C(c1cc(Br)c(O)c(Br)c1)c1ccc2ccc(C(=O)O)c(O)c2n1. The van der Waals surface area contributed by atoms with E-state index < -0.39 is 5.97 Å². The number of halogens is 2.